The molecular formula is C10H12BrNO2. The molecule has 0 saturated heterocycles. The number of hydrogen-bond acceptors (Lipinski definition) is 2. The first-order valence-corrected chi connectivity index (χ1v) is 5.12. The van der Waals surface area contributed by atoms with Gasteiger partial charge < -0.3 is 10.1 Å². The molecule has 0 spiro atoms. The number of carbonyl (C=O) groups is 1. The van der Waals surface area contributed by atoms with E-state index in [1.54, 1.807) is 6.07 Å². The van der Waals surface area contributed by atoms with Crippen LogP contribution in [0.2, 0.25) is 0 Å². The summed E-state index contributed by atoms with van der Waals surface area (Å²) in [7, 11) is 0. The highest BCUT2D eigenvalue weighted by Gasteiger charge is 2.02. The van der Waals surface area contributed by atoms with Crippen molar-refractivity contribution in [1.82, 2.24) is 0 Å². The van der Waals surface area contributed by atoms with Gasteiger partial charge in [-0.05, 0) is 35.0 Å². The van der Waals surface area contributed by atoms with Gasteiger partial charge in [0.1, 0.15) is 5.75 Å². The molecule has 0 heterocycles. The number of nitrogens with one attached hydrogen (secondary N) is 1. The van der Waals surface area contributed by atoms with Crippen LogP contribution in [0.3, 0.4) is 0 Å². The molecule has 0 atom stereocenters. The van der Waals surface area contributed by atoms with Gasteiger partial charge in [-0.15, -0.1) is 0 Å². The predicted molar refractivity (Wildman–Crippen MR) is 59.6 cm³/mol. The molecule has 1 N–H and O–H groups in total. The van der Waals surface area contributed by atoms with Crippen molar-refractivity contribution in [3.8, 4) is 5.75 Å². The molecule has 1 amide bonds. The molecule has 14 heavy (non-hydrogen) atoms. The zero-order chi connectivity index (χ0) is 10.6. The first kappa shape index (κ1) is 11.0. The molecule has 0 aliphatic heterocycles. The van der Waals surface area contributed by atoms with E-state index < -0.39 is 0 Å². The van der Waals surface area contributed by atoms with Crippen molar-refractivity contribution in [1.29, 1.82) is 0 Å². The molecule has 1 rings (SSSR count). The number of benzene rings is 1. The highest BCUT2D eigenvalue weighted by atomic mass is 79.9. The minimum atomic E-state index is -0.0882. The van der Waals surface area contributed by atoms with Crippen molar-refractivity contribution in [2.45, 2.75) is 13.8 Å². The van der Waals surface area contributed by atoms with Crippen molar-refractivity contribution in [3.05, 3.63) is 22.7 Å². The number of anilines is 1. The van der Waals surface area contributed by atoms with Crippen LogP contribution in [0.15, 0.2) is 22.7 Å². The second kappa shape index (κ2) is 5.00. The molecule has 4 heteroatoms. The average Bonchev–Trinajstić information content (AvgIpc) is 2.10. The Labute approximate surface area is 91.6 Å². The lowest BCUT2D eigenvalue weighted by Gasteiger charge is -2.08. The van der Waals surface area contributed by atoms with Gasteiger partial charge in [0.05, 0.1) is 11.1 Å². The summed E-state index contributed by atoms with van der Waals surface area (Å²) < 4.78 is 6.24. The Bertz CT molecular complexity index is 339. The number of amides is 1. The monoisotopic (exact) mass is 257 g/mol. The summed E-state index contributed by atoms with van der Waals surface area (Å²) in [4.78, 5) is 10.8. The van der Waals surface area contributed by atoms with E-state index in [1.165, 1.54) is 6.92 Å². The van der Waals surface area contributed by atoms with Gasteiger partial charge in [0.25, 0.3) is 0 Å². The summed E-state index contributed by atoms with van der Waals surface area (Å²) in [5, 5.41) is 2.69. The van der Waals surface area contributed by atoms with Crippen molar-refractivity contribution in [2.75, 3.05) is 11.9 Å². The summed E-state index contributed by atoms with van der Waals surface area (Å²) >= 11 is 3.36. The second-order valence-corrected chi connectivity index (χ2v) is 3.61. The number of ether oxygens (including phenoxy) is 1. The Morgan fingerprint density at radius 3 is 2.86 bits per heavy atom. The van der Waals surface area contributed by atoms with E-state index in [1.807, 2.05) is 19.1 Å². The highest BCUT2D eigenvalue weighted by Crippen LogP contribution is 2.28. The topological polar surface area (TPSA) is 38.3 Å². The maximum atomic E-state index is 10.8. The van der Waals surface area contributed by atoms with Gasteiger partial charge in [-0.3, -0.25) is 4.79 Å². The lowest BCUT2D eigenvalue weighted by Crippen LogP contribution is -2.05. The molecule has 0 saturated carbocycles. The van der Waals surface area contributed by atoms with E-state index >= 15 is 0 Å². The van der Waals surface area contributed by atoms with E-state index in [2.05, 4.69) is 21.2 Å². The summed E-state index contributed by atoms with van der Waals surface area (Å²) in [6, 6.07) is 5.44. The third kappa shape index (κ3) is 3.03. The molecule has 0 aliphatic rings. The van der Waals surface area contributed by atoms with Crippen molar-refractivity contribution in [3.63, 3.8) is 0 Å². The smallest absolute Gasteiger partial charge is 0.221 e. The van der Waals surface area contributed by atoms with Gasteiger partial charge in [0.15, 0.2) is 0 Å². The van der Waals surface area contributed by atoms with Crippen LogP contribution in [-0.2, 0) is 4.79 Å². The van der Waals surface area contributed by atoms with Gasteiger partial charge >= 0.3 is 0 Å². The fraction of sp³-hybridized carbons (Fsp3) is 0.300. The lowest BCUT2D eigenvalue weighted by atomic mass is 10.3. The van der Waals surface area contributed by atoms with Crippen LogP contribution in [-0.4, -0.2) is 12.5 Å². The van der Waals surface area contributed by atoms with E-state index in [9.17, 15) is 4.79 Å². The summed E-state index contributed by atoms with van der Waals surface area (Å²) in [6.45, 7) is 3.99. The highest BCUT2D eigenvalue weighted by molar-refractivity contribution is 9.10. The molecule has 1 aromatic rings. The van der Waals surface area contributed by atoms with Crippen LogP contribution in [0, 0.1) is 0 Å². The first-order valence-electron chi connectivity index (χ1n) is 4.33. The SMILES string of the molecule is CCOc1cc(NC(C)=O)ccc1Br. The van der Waals surface area contributed by atoms with E-state index in [4.69, 9.17) is 4.74 Å². The van der Waals surface area contributed by atoms with Crippen molar-refractivity contribution in [2.24, 2.45) is 0 Å². The summed E-state index contributed by atoms with van der Waals surface area (Å²) in [6.07, 6.45) is 0. The van der Waals surface area contributed by atoms with Crippen molar-refractivity contribution >= 4 is 27.5 Å². The van der Waals surface area contributed by atoms with Gasteiger partial charge in [0, 0.05) is 18.7 Å². The average molecular weight is 258 g/mol. The molecule has 0 fully saturated rings. The minimum Gasteiger partial charge on any atom is -0.493 e. The normalized spacial score (nSPS) is 9.64. The van der Waals surface area contributed by atoms with Crippen LogP contribution in [0.25, 0.3) is 0 Å². The Balaban J connectivity index is 2.88. The fourth-order valence-electron chi connectivity index (χ4n) is 1.05. The first-order chi connectivity index (χ1) is 6.63. The van der Waals surface area contributed by atoms with E-state index in [0.717, 1.165) is 15.9 Å². The van der Waals surface area contributed by atoms with Crippen molar-refractivity contribution < 1.29 is 9.53 Å². The molecule has 3 nitrogen and oxygen atoms in total. The second-order valence-electron chi connectivity index (χ2n) is 2.76. The molecule has 0 aromatic heterocycles. The minimum absolute atomic E-state index is 0.0882. The number of halogens is 1. The predicted octanol–water partition coefficient (Wildman–Crippen LogP) is 2.81. The maximum Gasteiger partial charge on any atom is 0.221 e. The van der Waals surface area contributed by atoms with Gasteiger partial charge in [-0.1, -0.05) is 0 Å². The Hall–Kier alpha value is -1.03. The Morgan fingerprint density at radius 1 is 1.57 bits per heavy atom. The molecule has 0 bridgehead atoms. The molecular weight excluding hydrogens is 246 g/mol. The summed E-state index contributed by atoms with van der Waals surface area (Å²) in [5.41, 5.74) is 0.740. The molecule has 76 valence electrons. The molecule has 0 aliphatic carbocycles. The fourth-order valence-corrected chi connectivity index (χ4v) is 1.41. The van der Waals surface area contributed by atoms with Crippen LogP contribution in [0.1, 0.15) is 13.8 Å². The number of rotatable bonds is 3. The zero-order valence-electron chi connectivity index (χ0n) is 8.13. The van der Waals surface area contributed by atoms with Crippen LogP contribution in [0.4, 0.5) is 5.69 Å². The number of hydrogen-bond donors (Lipinski definition) is 1. The zero-order valence-corrected chi connectivity index (χ0v) is 9.72. The quantitative estimate of drug-likeness (QED) is 0.905. The van der Waals surface area contributed by atoms with Gasteiger partial charge in [-0.2, -0.15) is 0 Å². The van der Waals surface area contributed by atoms with Gasteiger partial charge in [0.2, 0.25) is 5.91 Å². The molecule has 0 unspecified atom stereocenters. The van der Waals surface area contributed by atoms with E-state index in [-0.39, 0.29) is 5.91 Å². The maximum absolute atomic E-state index is 10.8. The Morgan fingerprint density at radius 2 is 2.29 bits per heavy atom. The molecule has 1 aromatic carbocycles. The standard InChI is InChI=1S/C10H12BrNO2/c1-3-14-10-6-8(12-7(2)13)4-5-9(10)11/h4-6H,3H2,1-2H3,(H,12,13). The van der Waals surface area contributed by atoms with Gasteiger partial charge in [-0.25, -0.2) is 0 Å². The largest absolute Gasteiger partial charge is 0.493 e. The third-order valence-electron chi connectivity index (χ3n) is 1.55. The lowest BCUT2D eigenvalue weighted by molar-refractivity contribution is -0.114. The summed E-state index contributed by atoms with van der Waals surface area (Å²) in [5.74, 6) is 0.647. The van der Waals surface area contributed by atoms with Crippen LogP contribution < -0.4 is 10.1 Å². The van der Waals surface area contributed by atoms with E-state index in [0.29, 0.717) is 6.61 Å². The van der Waals surface area contributed by atoms with Crippen LogP contribution >= 0.6 is 15.9 Å². The Kier molecular flexibility index (Phi) is 3.95. The van der Waals surface area contributed by atoms with Crippen LogP contribution in [0.5, 0.6) is 5.75 Å². The molecule has 0 radical (unpaired) electrons. The number of carbonyl (C=O) groups excluding carboxylic acids is 1. The third-order valence-corrected chi connectivity index (χ3v) is 2.21.